The van der Waals surface area contributed by atoms with E-state index in [1.54, 1.807) is 6.26 Å². The monoisotopic (exact) mass is 257 g/mol. The van der Waals surface area contributed by atoms with Gasteiger partial charge in [0.2, 0.25) is 0 Å². The molecule has 0 bridgehead atoms. The fourth-order valence-corrected chi connectivity index (χ4v) is 2.56. The number of benzene rings is 1. The van der Waals surface area contributed by atoms with Gasteiger partial charge in [0.15, 0.2) is 0 Å². The van der Waals surface area contributed by atoms with Crippen LogP contribution in [0.2, 0.25) is 0 Å². The summed E-state index contributed by atoms with van der Waals surface area (Å²) in [5.41, 5.74) is 2.45. The van der Waals surface area contributed by atoms with Crippen molar-refractivity contribution in [3.63, 3.8) is 0 Å². The van der Waals surface area contributed by atoms with Crippen molar-refractivity contribution >= 4 is 0 Å². The van der Waals surface area contributed by atoms with Crippen molar-refractivity contribution < 1.29 is 9.15 Å². The molecule has 2 aromatic rings. The Morgan fingerprint density at radius 1 is 1.32 bits per heavy atom. The van der Waals surface area contributed by atoms with Crippen LogP contribution in [-0.4, -0.2) is 6.54 Å². The molecular formula is C16H19NO2. The minimum atomic E-state index is 0.0421. The fraction of sp³-hybridized carbons (Fsp3) is 0.375. The van der Waals surface area contributed by atoms with Crippen molar-refractivity contribution in [2.75, 3.05) is 6.54 Å². The minimum Gasteiger partial charge on any atom is -0.484 e. The van der Waals surface area contributed by atoms with Crippen LogP contribution in [0.1, 0.15) is 36.3 Å². The number of hydrogen-bond donors (Lipinski definition) is 1. The van der Waals surface area contributed by atoms with Crippen molar-refractivity contribution in [2.24, 2.45) is 0 Å². The maximum Gasteiger partial charge on any atom is 0.140 e. The maximum atomic E-state index is 6.20. The second-order valence-corrected chi connectivity index (χ2v) is 4.89. The summed E-state index contributed by atoms with van der Waals surface area (Å²) >= 11 is 0. The number of nitrogens with one attached hydrogen (secondary N) is 1. The van der Waals surface area contributed by atoms with E-state index in [9.17, 15) is 0 Å². The van der Waals surface area contributed by atoms with Crippen molar-refractivity contribution in [3.8, 4) is 5.75 Å². The van der Waals surface area contributed by atoms with E-state index in [-0.39, 0.29) is 6.10 Å². The van der Waals surface area contributed by atoms with Crippen molar-refractivity contribution in [1.29, 1.82) is 0 Å². The summed E-state index contributed by atoms with van der Waals surface area (Å²) in [5, 5.41) is 3.33. The summed E-state index contributed by atoms with van der Waals surface area (Å²) in [7, 11) is 0. The lowest BCUT2D eigenvalue weighted by atomic mass is 10.1. The SMILES string of the molecule is CCCc1ccccc1OC1CNCc2occc21. The van der Waals surface area contributed by atoms with Crippen LogP contribution in [0.3, 0.4) is 0 Å². The molecule has 1 N–H and O–H groups in total. The molecule has 0 fully saturated rings. The second kappa shape index (κ2) is 5.49. The fourth-order valence-electron chi connectivity index (χ4n) is 2.56. The van der Waals surface area contributed by atoms with E-state index in [0.717, 1.165) is 37.4 Å². The van der Waals surface area contributed by atoms with Gasteiger partial charge in [-0.05, 0) is 24.1 Å². The van der Waals surface area contributed by atoms with Gasteiger partial charge in [-0.3, -0.25) is 0 Å². The molecule has 0 spiro atoms. The summed E-state index contributed by atoms with van der Waals surface area (Å²) in [6.45, 7) is 3.80. The highest BCUT2D eigenvalue weighted by atomic mass is 16.5. The lowest BCUT2D eigenvalue weighted by Gasteiger charge is -2.24. The summed E-state index contributed by atoms with van der Waals surface area (Å²) in [4.78, 5) is 0. The van der Waals surface area contributed by atoms with Crippen LogP contribution in [0.4, 0.5) is 0 Å². The molecule has 1 aromatic heterocycles. The Balaban J connectivity index is 1.83. The minimum absolute atomic E-state index is 0.0421. The number of fused-ring (bicyclic) bond motifs is 1. The van der Waals surface area contributed by atoms with Crippen molar-refractivity contribution in [2.45, 2.75) is 32.4 Å². The summed E-state index contributed by atoms with van der Waals surface area (Å²) < 4.78 is 11.7. The van der Waals surface area contributed by atoms with Crippen LogP contribution in [0.25, 0.3) is 0 Å². The summed E-state index contributed by atoms with van der Waals surface area (Å²) in [6, 6.07) is 10.3. The topological polar surface area (TPSA) is 34.4 Å². The van der Waals surface area contributed by atoms with Gasteiger partial charge in [-0.1, -0.05) is 31.5 Å². The molecule has 19 heavy (non-hydrogen) atoms. The highest BCUT2D eigenvalue weighted by Crippen LogP contribution is 2.30. The van der Waals surface area contributed by atoms with Gasteiger partial charge in [0.1, 0.15) is 17.6 Å². The first-order valence-corrected chi connectivity index (χ1v) is 6.90. The van der Waals surface area contributed by atoms with Gasteiger partial charge in [0, 0.05) is 12.1 Å². The zero-order chi connectivity index (χ0) is 13.1. The molecule has 0 amide bonds. The van der Waals surface area contributed by atoms with Gasteiger partial charge in [-0.15, -0.1) is 0 Å². The van der Waals surface area contributed by atoms with E-state index in [2.05, 4.69) is 30.4 Å². The van der Waals surface area contributed by atoms with Gasteiger partial charge in [-0.25, -0.2) is 0 Å². The van der Waals surface area contributed by atoms with Gasteiger partial charge < -0.3 is 14.5 Å². The normalized spacial score (nSPS) is 18.1. The lowest BCUT2D eigenvalue weighted by molar-refractivity contribution is 0.184. The molecule has 0 saturated carbocycles. The standard InChI is InChI=1S/C16H19NO2/c1-2-5-12-6-3-4-7-14(12)19-16-11-17-10-15-13(16)8-9-18-15/h3-4,6-9,16-17H,2,5,10-11H2,1H3. The molecule has 3 rings (SSSR count). The number of ether oxygens (including phenoxy) is 1. The molecule has 0 aliphatic carbocycles. The molecule has 1 aliphatic heterocycles. The Morgan fingerprint density at radius 3 is 3.11 bits per heavy atom. The van der Waals surface area contributed by atoms with Crippen molar-refractivity contribution in [1.82, 2.24) is 5.32 Å². The third kappa shape index (κ3) is 2.51. The average molecular weight is 257 g/mol. The molecule has 3 nitrogen and oxygen atoms in total. The quantitative estimate of drug-likeness (QED) is 0.911. The van der Waals surface area contributed by atoms with Gasteiger partial charge in [0.05, 0.1) is 12.8 Å². The van der Waals surface area contributed by atoms with Crippen LogP contribution >= 0.6 is 0 Å². The van der Waals surface area contributed by atoms with Crippen molar-refractivity contribution in [3.05, 3.63) is 53.5 Å². The summed E-state index contributed by atoms with van der Waals surface area (Å²) in [5.74, 6) is 1.98. The van der Waals surface area contributed by atoms with Gasteiger partial charge in [0.25, 0.3) is 0 Å². The van der Waals surface area contributed by atoms with Gasteiger partial charge in [-0.2, -0.15) is 0 Å². The van der Waals surface area contributed by atoms with E-state index in [1.165, 1.54) is 11.1 Å². The Hall–Kier alpha value is -1.74. The average Bonchev–Trinajstić information content (AvgIpc) is 2.91. The first-order valence-electron chi connectivity index (χ1n) is 6.90. The largest absolute Gasteiger partial charge is 0.484 e. The third-order valence-electron chi connectivity index (χ3n) is 3.50. The number of furan rings is 1. The van der Waals surface area contributed by atoms with Crippen LogP contribution in [-0.2, 0) is 13.0 Å². The Bertz CT molecular complexity index is 547. The van der Waals surface area contributed by atoms with E-state index in [1.807, 2.05) is 12.1 Å². The maximum absolute atomic E-state index is 6.20. The zero-order valence-electron chi connectivity index (χ0n) is 11.2. The van der Waals surface area contributed by atoms with E-state index < -0.39 is 0 Å². The Morgan fingerprint density at radius 2 is 2.21 bits per heavy atom. The highest BCUT2D eigenvalue weighted by Gasteiger charge is 2.24. The van der Waals surface area contributed by atoms with E-state index >= 15 is 0 Å². The molecular weight excluding hydrogens is 238 g/mol. The molecule has 1 atom stereocenters. The molecule has 1 aliphatic rings. The van der Waals surface area contributed by atoms with Crippen LogP contribution in [0, 0.1) is 0 Å². The molecule has 2 heterocycles. The zero-order valence-corrected chi connectivity index (χ0v) is 11.2. The predicted molar refractivity (Wildman–Crippen MR) is 74.2 cm³/mol. The lowest BCUT2D eigenvalue weighted by Crippen LogP contribution is -2.30. The van der Waals surface area contributed by atoms with Crippen LogP contribution in [0.5, 0.6) is 5.75 Å². The molecule has 100 valence electrons. The third-order valence-corrected chi connectivity index (χ3v) is 3.50. The highest BCUT2D eigenvalue weighted by molar-refractivity contribution is 5.35. The second-order valence-electron chi connectivity index (χ2n) is 4.89. The predicted octanol–water partition coefficient (Wildman–Crippen LogP) is 3.46. The molecule has 1 unspecified atom stereocenters. The Kier molecular flexibility index (Phi) is 3.56. The smallest absolute Gasteiger partial charge is 0.140 e. The first-order chi connectivity index (χ1) is 9.38. The summed E-state index contributed by atoms with van der Waals surface area (Å²) in [6.07, 6.45) is 3.96. The first kappa shape index (κ1) is 12.3. The molecule has 1 aromatic carbocycles. The van der Waals surface area contributed by atoms with Gasteiger partial charge >= 0.3 is 0 Å². The number of rotatable bonds is 4. The van der Waals surface area contributed by atoms with Crippen LogP contribution < -0.4 is 10.1 Å². The molecule has 0 saturated heterocycles. The Labute approximate surface area is 113 Å². The van der Waals surface area contributed by atoms with E-state index in [0.29, 0.717) is 0 Å². The van der Waals surface area contributed by atoms with E-state index in [4.69, 9.17) is 9.15 Å². The molecule has 3 heteroatoms. The number of hydrogen-bond acceptors (Lipinski definition) is 3. The van der Waals surface area contributed by atoms with Crippen LogP contribution in [0.15, 0.2) is 41.0 Å². The number of aryl methyl sites for hydroxylation is 1. The number of para-hydroxylation sites is 1. The molecule has 0 radical (unpaired) electrons.